The topological polar surface area (TPSA) is 34.1 Å². The van der Waals surface area contributed by atoms with E-state index in [2.05, 4.69) is 62.4 Å². The van der Waals surface area contributed by atoms with Gasteiger partial charge in [0.25, 0.3) is 0 Å². The summed E-state index contributed by atoms with van der Waals surface area (Å²) in [6.45, 7) is 4.59. The first-order valence-corrected chi connectivity index (χ1v) is 12.9. The van der Waals surface area contributed by atoms with Gasteiger partial charge in [-0.05, 0) is 72.4 Å². The predicted octanol–water partition coefficient (Wildman–Crippen LogP) is 6.79. The van der Waals surface area contributed by atoms with Crippen LogP contribution < -0.4 is 0 Å². The maximum absolute atomic E-state index is 13.0. The first-order chi connectivity index (χ1) is 15.4. The van der Waals surface area contributed by atoms with Gasteiger partial charge in [0.05, 0.1) is 0 Å². The highest BCUT2D eigenvalue weighted by Crippen LogP contribution is 2.65. The Morgan fingerprint density at radius 1 is 0.969 bits per heavy atom. The van der Waals surface area contributed by atoms with E-state index >= 15 is 0 Å². The Labute approximate surface area is 194 Å². The van der Waals surface area contributed by atoms with Crippen LogP contribution in [-0.2, 0) is 9.59 Å². The Bertz CT molecular complexity index is 1190. The minimum Gasteiger partial charge on any atom is -0.299 e. The van der Waals surface area contributed by atoms with E-state index in [9.17, 15) is 9.59 Å². The first kappa shape index (κ1) is 20.5. The summed E-state index contributed by atoms with van der Waals surface area (Å²) < 4.78 is 0. The van der Waals surface area contributed by atoms with Crippen molar-refractivity contribution in [3.05, 3.63) is 66.3 Å². The number of benzene rings is 2. The number of hydrogen-bond donors (Lipinski definition) is 0. The van der Waals surface area contributed by atoms with Gasteiger partial charge >= 0.3 is 0 Å². The van der Waals surface area contributed by atoms with E-state index in [0.29, 0.717) is 28.8 Å². The molecule has 0 N–H and O–H groups in total. The number of hydrogen-bond acceptors (Lipinski definition) is 3. The van der Waals surface area contributed by atoms with Crippen LogP contribution in [0, 0.1) is 28.6 Å². The fourth-order valence-corrected chi connectivity index (χ4v) is 9.09. The highest BCUT2D eigenvalue weighted by molar-refractivity contribution is 8.00. The lowest BCUT2D eigenvalue weighted by Gasteiger charge is -2.58. The Hall–Kier alpha value is -2.13. The largest absolute Gasteiger partial charge is 0.299 e. The van der Waals surface area contributed by atoms with Crippen LogP contribution in [0.1, 0.15) is 46.0 Å². The van der Waals surface area contributed by atoms with Gasteiger partial charge in [-0.1, -0.05) is 61.9 Å². The summed E-state index contributed by atoms with van der Waals surface area (Å²) in [5.41, 5.74) is 1.09. The van der Waals surface area contributed by atoms with Gasteiger partial charge in [-0.3, -0.25) is 9.59 Å². The molecule has 4 aliphatic carbocycles. The fourth-order valence-electron chi connectivity index (χ4n) is 7.50. The molecule has 4 aliphatic rings. The summed E-state index contributed by atoms with van der Waals surface area (Å²) in [5.74, 6) is 2.04. The molecular formula is C29H30O2S. The summed E-state index contributed by atoms with van der Waals surface area (Å²) in [6, 6.07) is 15.2. The van der Waals surface area contributed by atoms with E-state index in [1.54, 1.807) is 6.08 Å². The van der Waals surface area contributed by atoms with Gasteiger partial charge in [-0.25, -0.2) is 0 Å². The number of Topliss-reactive ketones (excluding diaryl/α,β-unsaturated/α-hetero) is 1. The van der Waals surface area contributed by atoms with E-state index in [1.807, 2.05) is 17.8 Å². The lowest BCUT2D eigenvalue weighted by molar-refractivity contribution is -0.131. The zero-order valence-corrected chi connectivity index (χ0v) is 19.7. The molecule has 0 spiro atoms. The average molecular weight is 443 g/mol. The summed E-state index contributed by atoms with van der Waals surface area (Å²) in [7, 11) is 0. The van der Waals surface area contributed by atoms with Gasteiger partial charge in [0.1, 0.15) is 5.78 Å². The van der Waals surface area contributed by atoms with Crippen LogP contribution in [0.25, 0.3) is 10.8 Å². The van der Waals surface area contributed by atoms with Gasteiger partial charge in [-0.15, -0.1) is 11.8 Å². The molecule has 0 radical (unpaired) electrons. The number of allylic oxidation sites excluding steroid dienone is 4. The summed E-state index contributed by atoms with van der Waals surface area (Å²) in [4.78, 5) is 26.6. The fraction of sp³-hybridized carbons (Fsp3) is 0.448. The van der Waals surface area contributed by atoms with E-state index in [1.165, 1.54) is 21.2 Å². The van der Waals surface area contributed by atoms with Crippen LogP contribution in [0.3, 0.4) is 0 Å². The number of carbonyl (C=O) groups excluding carboxylic acids is 2. The SMILES string of the molecule is C[C@]12C=CC(=O)C=C1C[C@@H](Sc1cccc3ccccc13)[C@@H]1[C@@H]2CC[C@]2(C)C(=O)CC[C@@H]12. The van der Waals surface area contributed by atoms with Gasteiger partial charge in [0.15, 0.2) is 5.78 Å². The molecule has 0 aromatic heterocycles. The Morgan fingerprint density at radius 3 is 2.66 bits per heavy atom. The van der Waals surface area contributed by atoms with Crippen molar-refractivity contribution in [2.75, 3.05) is 0 Å². The van der Waals surface area contributed by atoms with Crippen LogP contribution in [0.4, 0.5) is 0 Å². The molecule has 0 saturated heterocycles. The summed E-state index contributed by atoms with van der Waals surface area (Å²) in [5, 5.41) is 2.97. The minimum absolute atomic E-state index is 0.0542. The third-order valence-corrected chi connectivity index (χ3v) is 10.7. The second kappa shape index (κ2) is 7.18. The van der Waals surface area contributed by atoms with Gasteiger partial charge in [0, 0.05) is 27.4 Å². The summed E-state index contributed by atoms with van der Waals surface area (Å²) in [6.07, 6.45) is 10.7. The number of carbonyl (C=O) groups is 2. The average Bonchev–Trinajstić information content (AvgIpc) is 3.09. The molecule has 3 fully saturated rings. The minimum atomic E-state index is -0.162. The van der Waals surface area contributed by atoms with Crippen LogP contribution >= 0.6 is 11.8 Å². The molecule has 2 nitrogen and oxygen atoms in total. The second-order valence-electron chi connectivity index (χ2n) is 10.7. The molecule has 2 aromatic rings. The third kappa shape index (κ3) is 2.86. The highest BCUT2D eigenvalue weighted by atomic mass is 32.2. The third-order valence-electron chi connectivity index (χ3n) is 9.29. The van der Waals surface area contributed by atoms with E-state index < -0.39 is 0 Å². The van der Waals surface area contributed by atoms with Crippen molar-refractivity contribution < 1.29 is 9.59 Å². The Morgan fingerprint density at radius 2 is 1.78 bits per heavy atom. The Kier molecular flexibility index (Phi) is 4.60. The highest BCUT2D eigenvalue weighted by Gasteiger charge is 2.61. The van der Waals surface area contributed by atoms with E-state index in [0.717, 1.165) is 32.1 Å². The zero-order chi connectivity index (χ0) is 22.1. The Balaban J connectivity index is 1.46. The van der Waals surface area contributed by atoms with E-state index in [4.69, 9.17) is 0 Å². The van der Waals surface area contributed by atoms with Crippen molar-refractivity contribution >= 4 is 34.1 Å². The molecule has 164 valence electrons. The molecule has 0 bridgehead atoms. The number of fused-ring (bicyclic) bond motifs is 6. The monoisotopic (exact) mass is 442 g/mol. The smallest absolute Gasteiger partial charge is 0.178 e. The van der Waals surface area contributed by atoms with Crippen LogP contribution in [0.2, 0.25) is 0 Å². The molecule has 3 heteroatoms. The van der Waals surface area contributed by atoms with Gasteiger partial charge in [-0.2, -0.15) is 0 Å². The lowest BCUT2D eigenvalue weighted by Crippen LogP contribution is -2.54. The predicted molar refractivity (Wildman–Crippen MR) is 131 cm³/mol. The molecule has 6 rings (SSSR count). The number of ketones is 2. The van der Waals surface area contributed by atoms with Gasteiger partial charge in [0.2, 0.25) is 0 Å². The van der Waals surface area contributed by atoms with Crippen molar-refractivity contribution in [1.82, 2.24) is 0 Å². The molecule has 0 unspecified atom stereocenters. The lowest BCUT2D eigenvalue weighted by atomic mass is 9.48. The molecule has 0 amide bonds. The molecule has 0 aliphatic heterocycles. The first-order valence-electron chi connectivity index (χ1n) is 12.0. The number of rotatable bonds is 2. The molecule has 2 aromatic carbocycles. The molecule has 0 heterocycles. The van der Waals surface area contributed by atoms with Crippen LogP contribution in [0.15, 0.2) is 71.2 Å². The van der Waals surface area contributed by atoms with E-state index in [-0.39, 0.29) is 16.6 Å². The molecule has 32 heavy (non-hydrogen) atoms. The van der Waals surface area contributed by atoms with Crippen LogP contribution in [-0.4, -0.2) is 16.8 Å². The maximum Gasteiger partial charge on any atom is 0.178 e. The van der Waals surface area contributed by atoms with Gasteiger partial charge < -0.3 is 0 Å². The second-order valence-corrected chi connectivity index (χ2v) is 12.0. The number of thioether (sulfide) groups is 1. The van der Waals surface area contributed by atoms with Crippen molar-refractivity contribution in [3.63, 3.8) is 0 Å². The quantitative estimate of drug-likeness (QED) is 0.514. The molecule has 3 saturated carbocycles. The maximum atomic E-state index is 13.0. The van der Waals surface area contributed by atoms with Crippen LogP contribution in [0.5, 0.6) is 0 Å². The standard InChI is InChI=1S/C29H30O2S/c1-28-14-12-20(30)16-19(28)17-25(32-24-9-5-7-18-6-3-4-8-21(18)24)27-22-10-11-26(31)29(22,2)15-13-23(27)28/h3-9,12,14,16,22-23,25,27H,10-11,13,15,17H2,1-2H3/t22-,23-,25+,27-,28-,29-/m0/s1. The van der Waals surface area contributed by atoms with Crippen molar-refractivity contribution in [2.24, 2.45) is 28.6 Å². The normalized spacial score (nSPS) is 38.2. The molecular weight excluding hydrogens is 412 g/mol. The van der Waals surface area contributed by atoms with Crippen molar-refractivity contribution in [2.45, 2.75) is 56.1 Å². The molecule has 6 atom stereocenters. The summed E-state index contributed by atoms with van der Waals surface area (Å²) >= 11 is 2.00. The zero-order valence-electron chi connectivity index (χ0n) is 18.8. The van der Waals surface area contributed by atoms with Crippen molar-refractivity contribution in [3.8, 4) is 0 Å². The van der Waals surface area contributed by atoms with Crippen molar-refractivity contribution in [1.29, 1.82) is 0 Å².